The Hall–Kier alpha value is -1.52. The summed E-state index contributed by atoms with van der Waals surface area (Å²) in [5.41, 5.74) is 2.02. The van der Waals surface area contributed by atoms with E-state index in [9.17, 15) is 4.79 Å². The van der Waals surface area contributed by atoms with E-state index in [1.165, 1.54) is 0 Å². The molecule has 1 aromatic carbocycles. The lowest BCUT2D eigenvalue weighted by Crippen LogP contribution is -2.34. The summed E-state index contributed by atoms with van der Waals surface area (Å²) in [6, 6.07) is 5.71. The number of H-pyrrole nitrogens is 1. The van der Waals surface area contributed by atoms with E-state index in [4.69, 9.17) is 11.6 Å². The van der Waals surface area contributed by atoms with Crippen LogP contribution in [0.15, 0.2) is 24.4 Å². The van der Waals surface area contributed by atoms with Gasteiger partial charge in [-0.2, -0.15) is 0 Å². The fourth-order valence-corrected chi connectivity index (χ4v) is 2.78. The van der Waals surface area contributed by atoms with Gasteiger partial charge in [-0.1, -0.05) is 11.6 Å². The molecule has 2 aromatic rings. The van der Waals surface area contributed by atoms with Crippen molar-refractivity contribution in [2.24, 2.45) is 0 Å². The predicted molar refractivity (Wildman–Crippen MR) is 92.4 cm³/mol. The minimum Gasteiger partial charge on any atom is -0.361 e. The number of nitrogens with one attached hydrogen (secondary N) is 1. The molecule has 0 spiro atoms. The van der Waals surface area contributed by atoms with Gasteiger partial charge in [-0.25, -0.2) is 0 Å². The Balaban J connectivity index is 2.03. The van der Waals surface area contributed by atoms with Crippen LogP contribution >= 0.6 is 11.6 Å². The van der Waals surface area contributed by atoms with E-state index < -0.39 is 0 Å². The van der Waals surface area contributed by atoms with Crippen molar-refractivity contribution in [2.45, 2.75) is 19.8 Å². The molecule has 22 heavy (non-hydrogen) atoms. The Morgan fingerprint density at radius 1 is 1.27 bits per heavy atom. The lowest BCUT2D eigenvalue weighted by atomic mass is 10.1. The van der Waals surface area contributed by atoms with Crippen molar-refractivity contribution in [1.82, 2.24) is 14.8 Å². The number of hydrogen-bond donors (Lipinski definition) is 1. The lowest BCUT2D eigenvalue weighted by Gasteiger charge is -2.21. The fourth-order valence-electron chi connectivity index (χ4n) is 2.61. The zero-order valence-electron chi connectivity index (χ0n) is 13.5. The number of carbonyl (C=O) groups excluding carboxylic acids is 1. The normalized spacial score (nSPS) is 11.3. The maximum Gasteiger partial charge on any atom is 0.227 e. The first-order valence-corrected chi connectivity index (χ1v) is 8.07. The fraction of sp³-hybridized carbons (Fsp3) is 0.471. The molecular formula is C17H24ClN3O. The first-order chi connectivity index (χ1) is 10.5. The highest BCUT2D eigenvalue weighted by Gasteiger charge is 2.14. The summed E-state index contributed by atoms with van der Waals surface area (Å²) in [7, 11) is 4.10. The van der Waals surface area contributed by atoms with E-state index in [1.807, 2.05) is 50.3 Å². The Morgan fingerprint density at radius 3 is 2.73 bits per heavy atom. The predicted octanol–water partition coefficient (Wildman–Crippen LogP) is 3.16. The van der Waals surface area contributed by atoms with E-state index in [0.29, 0.717) is 11.4 Å². The first-order valence-electron chi connectivity index (χ1n) is 7.69. The lowest BCUT2D eigenvalue weighted by molar-refractivity contribution is -0.130. The average Bonchev–Trinajstić information content (AvgIpc) is 2.85. The molecular weight excluding hydrogens is 298 g/mol. The van der Waals surface area contributed by atoms with Crippen molar-refractivity contribution in [3.05, 3.63) is 35.0 Å². The van der Waals surface area contributed by atoms with Crippen LogP contribution in [-0.4, -0.2) is 54.4 Å². The summed E-state index contributed by atoms with van der Waals surface area (Å²) >= 11 is 6.06. The quantitative estimate of drug-likeness (QED) is 0.851. The second kappa shape index (κ2) is 7.65. The molecule has 0 saturated heterocycles. The topological polar surface area (TPSA) is 39.3 Å². The van der Waals surface area contributed by atoms with Crippen molar-refractivity contribution < 1.29 is 4.79 Å². The highest BCUT2D eigenvalue weighted by molar-refractivity contribution is 6.31. The molecule has 0 unspecified atom stereocenters. The van der Waals surface area contributed by atoms with Crippen molar-refractivity contribution in [3.8, 4) is 0 Å². The molecule has 1 amide bonds. The summed E-state index contributed by atoms with van der Waals surface area (Å²) in [6.45, 7) is 4.57. The van der Waals surface area contributed by atoms with Crippen LogP contribution in [0.4, 0.5) is 0 Å². The van der Waals surface area contributed by atoms with Gasteiger partial charge in [-0.15, -0.1) is 0 Å². The summed E-state index contributed by atoms with van der Waals surface area (Å²) in [5, 5.41) is 1.73. The number of rotatable bonds is 7. The minimum atomic E-state index is 0.169. The van der Waals surface area contributed by atoms with Crippen LogP contribution in [0.3, 0.4) is 0 Å². The van der Waals surface area contributed by atoms with Crippen molar-refractivity contribution in [1.29, 1.82) is 0 Å². The maximum atomic E-state index is 12.5. The molecule has 120 valence electrons. The number of aromatic amines is 1. The van der Waals surface area contributed by atoms with Gasteiger partial charge in [0, 0.05) is 35.2 Å². The van der Waals surface area contributed by atoms with Crippen molar-refractivity contribution >= 4 is 28.4 Å². The molecule has 0 bridgehead atoms. The highest BCUT2D eigenvalue weighted by Crippen LogP contribution is 2.23. The highest BCUT2D eigenvalue weighted by atomic mass is 35.5. The third-order valence-corrected chi connectivity index (χ3v) is 4.07. The van der Waals surface area contributed by atoms with Gasteiger partial charge in [0.25, 0.3) is 0 Å². The van der Waals surface area contributed by atoms with Gasteiger partial charge in [-0.3, -0.25) is 4.79 Å². The van der Waals surface area contributed by atoms with Crippen molar-refractivity contribution in [2.75, 3.05) is 33.7 Å². The first kappa shape index (κ1) is 16.8. The number of benzene rings is 1. The second-order valence-corrected chi connectivity index (χ2v) is 6.25. The standard InChI is InChI=1S/C17H24ClN3O/c1-4-21(9-5-8-20(2)3)17(22)10-13-12-19-16-7-6-14(18)11-15(13)16/h6-7,11-12,19H,4-5,8-10H2,1-3H3. The maximum absolute atomic E-state index is 12.5. The Bertz CT molecular complexity index is 636. The van der Waals surface area contributed by atoms with Crippen LogP contribution in [-0.2, 0) is 11.2 Å². The Kier molecular flexibility index (Phi) is 5.86. The van der Waals surface area contributed by atoms with Gasteiger partial charge >= 0.3 is 0 Å². The summed E-state index contributed by atoms with van der Waals surface area (Å²) < 4.78 is 0. The molecule has 1 aromatic heterocycles. The molecule has 0 saturated carbocycles. The largest absolute Gasteiger partial charge is 0.361 e. The molecule has 0 aliphatic heterocycles. The molecule has 1 heterocycles. The number of aromatic nitrogens is 1. The Morgan fingerprint density at radius 2 is 2.05 bits per heavy atom. The molecule has 0 atom stereocenters. The van der Waals surface area contributed by atoms with Gasteiger partial charge in [0.2, 0.25) is 5.91 Å². The summed E-state index contributed by atoms with van der Waals surface area (Å²) in [5.74, 6) is 0.169. The van der Waals surface area contributed by atoms with Gasteiger partial charge in [-0.05, 0) is 57.7 Å². The van der Waals surface area contributed by atoms with Gasteiger partial charge < -0.3 is 14.8 Å². The average molecular weight is 322 g/mol. The Labute approximate surface area is 137 Å². The number of fused-ring (bicyclic) bond motifs is 1. The van der Waals surface area contributed by atoms with E-state index in [1.54, 1.807) is 0 Å². The molecule has 0 radical (unpaired) electrons. The van der Waals surface area contributed by atoms with E-state index in [0.717, 1.165) is 42.5 Å². The van der Waals surface area contributed by atoms with Gasteiger partial charge in [0.1, 0.15) is 0 Å². The van der Waals surface area contributed by atoms with E-state index in [-0.39, 0.29) is 5.91 Å². The number of hydrogen-bond acceptors (Lipinski definition) is 2. The number of likely N-dealkylation sites (N-methyl/N-ethyl adjacent to an activating group) is 1. The van der Waals surface area contributed by atoms with Gasteiger partial charge in [0.15, 0.2) is 0 Å². The molecule has 0 aliphatic rings. The number of nitrogens with zero attached hydrogens (tertiary/aromatic N) is 2. The summed E-state index contributed by atoms with van der Waals surface area (Å²) in [6.07, 6.45) is 3.31. The molecule has 0 aliphatic carbocycles. The second-order valence-electron chi connectivity index (χ2n) is 5.81. The van der Waals surface area contributed by atoms with E-state index in [2.05, 4.69) is 9.88 Å². The monoisotopic (exact) mass is 321 g/mol. The SMILES string of the molecule is CCN(CCCN(C)C)C(=O)Cc1c[nH]c2ccc(Cl)cc12. The van der Waals surface area contributed by atoms with E-state index >= 15 is 0 Å². The smallest absolute Gasteiger partial charge is 0.227 e. The number of halogens is 1. The number of amides is 1. The molecule has 2 rings (SSSR count). The zero-order chi connectivity index (χ0) is 16.1. The summed E-state index contributed by atoms with van der Waals surface area (Å²) in [4.78, 5) is 19.8. The van der Waals surface area contributed by atoms with Crippen LogP contribution in [0.2, 0.25) is 5.02 Å². The van der Waals surface area contributed by atoms with Crippen LogP contribution in [0, 0.1) is 0 Å². The van der Waals surface area contributed by atoms with Gasteiger partial charge in [0.05, 0.1) is 6.42 Å². The third kappa shape index (κ3) is 4.24. The van der Waals surface area contributed by atoms with Crippen LogP contribution < -0.4 is 0 Å². The zero-order valence-corrected chi connectivity index (χ0v) is 14.3. The minimum absolute atomic E-state index is 0.169. The van der Waals surface area contributed by atoms with Crippen LogP contribution in [0.1, 0.15) is 18.9 Å². The molecule has 4 nitrogen and oxygen atoms in total. The molecule has 0 fully saturated rings. The van der Waals surface area contributed by atoms with Crippen LogP contribution in [0.25, 0.3) is 10.9 Å². The molecule has 5 heteroatoms. The van der Waals surface area contributed by atoms with Crippen molar-refractivity contribution in [3.63, 3.8) is 0 Å². The number of carbonyl (C=O) groups is 1. The third-order valence-electron chi connectivity index (χ3n) is 3.84. The van der Waals surface area contributed by atoms with Crippen LogP contribution in [0.5, 0.6) is 0 Å². The molecule has 1 N–H and O–H groups in total.